The first kappa shape index (κ1) is 26.5. The summed E-state index contributed by atoms with van der Waals surface area (Å²) in [4.78, 5) is 16.7. The minimum Gasteiger partial charge on any atom is -0.369 e. The van der Waals surface area contributed by atoms with Crippen LogP contribution in [-0.2, 0) is 9.84 Å². The number of hydrogen-bond acceptors (Lipinski definition) is 6. The van der Waals surface area contributed by atoms with Crippen LogP contribution in [0.2, 0.25) is 0 Å². The molecule has 0 atom stereocenters. The highest BCUT2D eigenvalue weighted by atomic mass is 35.5. The molecule has 37 heavy (non-hydrogen) atoms. The first-order chi connectivity index (χ1) is 17.2. The van der Waals surface area contributed by atoms with Crippen molar-refractivity contribution >= 4 is 50.6 Å². The Morgan fingerprint density at radius 1 is 0.919 bits per heavy atom. The summed E-state index contributed by atoms with van der Waals surface area (Å²) in [6, 6.07) is 13.5. The second kappa shape index (κ2) is 10.4. The van der Waals surface area contributed by atoms with E-state index in [4.69, 9.17) is 0 Å². The largest absolute Gasteiger partial charge is 0.369 e. The molecular weight excluding hydrogens is 524 g/mol. The third-order valence-electron chi connectivity index (χ3n) is 6.22. The Kier molecular flexibility index (Phi) is 7.49. The average molecular weight is 548 g/mol. The van der Waals surface area contributed by atoms with E-state index in [1.54, 1.807) is 12.1 Å². The average Bonchev–Trinajstić information content (AvgIpc) is 3.26. The number of likely N-dealkylation sites (N-methyl/N-ethyl adjacent to an activating group) is 1. The second-order valence-corrected chi connectivity index (χ2v) is 10.6. The number of benzene rings is 3. The number of carbonyl (C=O) groups excluding carboxylic acids is 1. The van der Waals surface area contributed by atoms with Gasteiger partial charge in [0.05, 0.1) is 15.3 Å². The van der Waals surface area contributed by atoms with Gasteiger partial charge in [0.2, 0.25) is 9.84 Å². The van der Waals surface area contributed by atoms with Gasteiger partial charge in [-0.1, -0.05) is 0 Å². The van der Waals surface area contributed by atoms with Crippen LogP contribution in [0, 0.1) is 11.6 Å². The number of piperazine rings is 1. The van der Waals surface area contributed by atoms with Crippen molar-refractivity contribution in [3.8, 4) is 0 Å². The van der Waals surface area contributed by atoms with Gasteiger partial charge in [-0.3, -0.25) is 9.89 Å². The molecule has 1 saturated heterocycles. The lowest BCUT2D eigenvalue weighted by Crippen LogP contribution is -2.44. The number of rotatable bonds is 5. The number of aromatic nitrogens is 2. The predicted octanol–water partition coefficient (Wildman–Crippen LogP) is 4.10. The summed E-state index contributed by atoms with van der Waals surface area (Å²) >= 11 is 0. The lowest BCUT2D eigenvalue weighted by Gasteiger charge is -2.34. The maximum Gasteiger partial charge on any atom is 0.256 e. The Bertz CT molecular complexity index is 1530. The molecule has 0 unspecified atom stereocenters. The Morgan fingerprint density at radius 3 is 2.22 bits per heavy atom. The monoisotopic (exact) mass is 547 g/mol. The fourth-order valence-electron chi connectivity index (χ4n) is 4.14. The van der Waals surface area contributed by atoms with Crippen molar-refractivity contribution < 1.29 is 22.0 Å². The van der Waals surface area contributed by atoms with Crippen molar-refractivity contribution in [2.75, 3.05) is 43.4 Å². The highest BCUT2D eigenvalue weighted by Crippen LogP contribution is 2.29. The van der Waals surface area contributed by atoms with Crippen molar-refractivity contribution in [2.24, 2.45) is 0 Å². The van der Waals surface area contributed by atoms with Crippen LogP contribution < -0.4 is 10.2 Å². The van der Waals surface area contributed by atoms with Crippen LogP contribution in [0.1, 0.15) is 10.4 Å². The maximum absolute atomic E-state index is 13.6. The van der Waals surface area contributed by atoms with Crippen LogP contribution in [0.5, 0.6) is 0 Å². The van der Waals surface area contributed by atoms with E-state index in [2.05, 4.69) is 32.4 Å². The van der Waals surface area contributed by atoms with Gasteiger partial charge in [0.1, 0.15) is 11.6 Å². The van der Waals surface area contributed by atoms with E-state index in [1.807, 2.05) is 12.1 Å². The number of aromatic amines is 1. The standard InChI is InChI=1S/C25H23F2N5O3S.ClH/c1-31-8-10-32(11-9-31)19-4-2-16(3-5-19)25(33)28-24-22-15-20(6-7-23(22)29-30-24)36(34,35)21-13-17(26)12-18(27)14-21;/h2-7,12-15H,8-11H2,1H3,(H2,28,29,30,33);1H. The molecule has 12 heteroatoms. The molecule has 1 fully saturated rings. The topological polar surface area (TPSA) is 98.4 Å². The number of sulfone groups is 1. The Morgan fingerprint density at radius 2 is 1.57 bits per heavy atom. The minimum absolute atomic E-state index is 0. The normalized spacial score (nSPS) is 14.4. The second-order valence-electron chi connectivity index (χ2n) is 8.68. The van der Waals surface area contributed by atoms with Gasteiger partial charge in [-0.2, -0.15) is 5.10 Å². The molecule has 2 N–H and O–H groups in total. The van der Waals surface area contributed by atoms with Gasteiger partial charge >= 0.3 is 0 Å². The third kappa shape index (κ3) is 5.43. The minimum atomic E-state index is -4.21. The fraction of sp³-hybridized carbons (Fsp3) is 0.200. The molecular formula is C25H24ClF2N5O3S. The number of amides is 1. The third-order valence-corrected chi connectivity index (χ3v) is 7.95. The number of hydrogen-bond donors (Lipinski definition) is 2. The zero-order valence-electron chi connectivity index (χ0n) is 19.7. The number of fused-ring (bicyclic) bond motifs is 1. The predicted molar refractivity (Wildman–Crippen MR) is 139 cm³/mol. The van der Waals surface area contributed by atoms with E-state index in [0.717, 1.165) is 44.0 Å². The molecule has 0 aliphatic carbocycles. The maximum atomic E-state index is 13.6. The Labute approximate surface area is 218 Å². The zero-order chi connectivity index (χ0) is 25.4. The number of carbonyl (C=O) groups is 1. The van der Waals surface area contributed by atoms with Crippen LogP contribution >= 0.6 is 12.4 Å². The lowest BCUT2D eigenvalue weighted by atomic mass is 10.1. The van der Waals surface area contributed by atoms with Crippen LogP contribution in [0.25, 0.3) is 10.9 Å². The highest BCUT2D eigenvalue weighted by molar-refractivity contribution is 7.91. The zero-order valence-corrected chi connectivity index (χ0v) is 21.4. The molecule has 0 bridgehead atoms. The van der Waals surface area contributed by atoms with E-state index in [0.29, 0.717) is 22.5 Å². The summed E-state index contributed by atoms with van der Waals surface area (Å²) in [6.07, 6.45) is 0. The molecule has 4 aromatic rings. The summed E-state index contributed by atoms with van der Waals surface area (Å²) in [7, 11) is -2.13. The number of nitrogens with one attached hydrogen (secondary N) is 2. The van der Waals surface area contributed by atoms with E-state index in [-0.39, 0.29) is 23.1 Å². The molecule has 1 aromatic heterocycles. The molecule has 1 amide bonds. The van der Waals surface area contributed by atoms with Gasteiger partial charge in [-0.05, 0) is 61.6 Å². The highest BCUT2D eigenvalue weighted by Gasteiger charge is 2.22. The molecule has 1 aliphatic rings. The molecule has 5 rings (SSSR count). The lowest BCUT2D eigenvalue weighted by molar-refractivity contribution is 0.102. The van der Waals surface area contributed by atoms with Crippen molar-refractivity contribution in [3.05, 3.63) is 77.9 Å². The van der Waals surface area contributed by atoms with Gasteiger partial charge in [-0.15, -0.1) is 12.4 Å². The Hall–Kier alpha value is -3.54. The summed E-state index contributed by atoms with van der Waals surface area (Å²) < 4.78 is 53.2. The molecule has 2 heterocycles. The summed E-state index contributed by atoms with van der Waals surface area (Å²) in [5.74, 6) is -2.26. The SMILES string of the molecule is CN1CCN(c2ccc(C(=O)Nc3n[nH]c4ccc(S(=O)(=O)c5cc(F)cc(F)c5)cc34)cc2)CC1.Cl. The van der Waals surface area contributed by atoms with E-state index in [9.17, 15) is 22.0 Å². The summed E-state index contributed by atoms with van der Waals surface area (Å²) in [5, 5.41) is 9.89. The summed E-state index contributed by atoms with van der Waals surface area (Å²) in [6.45, 7) is 3.77. The molecule has 8 nitrogen and oxygen atoms in total. The molecule has 0 spiro atoms. The van der Waals surface area contributed by atoms with Crippen LogP contribution in [-0.4, -0.2) is 62.6 Å². The number of halogens is 3. The van der Waals surface area contributed by atoms with Gasteiger partial charge < -0.3 is 15.1 Å². The van der Waals surface area contributed by atoms with Crippen molar-refractivity contribution in [1.29, 1.82) is 0 Å². The molecule has 3 aromatic carbocycles. The molecule has 194 valence electrons. The fourth-order valence-corrected chi connectivity index (χ4v) is 5.47. The van der Waals surface area contributed by atoms with Gasteiger partial charge in [0.15, 0.2) is 5.82 Å². The number of H-pyrrole nitrogens is 1. The van der Waals surface area contributed by atoms with Gasteiger partial charge in [0.25, 0.3) is 5.91 Å². The molecule has 0 radical (unpaired) electrons. The Balaban J connectivity index is 0.00000320. The van der Waals surface area contributed by atoms with E-state index in [1.165, 1.54) is 18.2 Å². The number of anilines is 2. The van der Waals surface area contributed by atoms with Crippen molar-refractivity contribution in [3.63, 3.8) is 0 Å². The summed E-state index contributed by atoms with van der Waals surface area (Å²) in [5.41, 5.74) is 1.94. The molecule has 0 saturated carbocycles. The van der Waals surface area contributed by atoms with Crippen molar-refractivity contribution in [2.45, 2.75) is 9.79 Å². The van der Waals surface area contributed by atoms with Crippen LogP contribution in [0.15, 0.2) is 70.5 Å². The quantitative estimate of drug-likeness (QED) is 0.390. The molecule has 1 aliphatic heterocycles. The van der Waals surface area contributed by atoms with Crippen LogP contribution in [0.3, 0.4) is 0 Å². The van der Waals surface area contributed by atoms with Gasteiger partial charge in [-0.25, -0.2) is 17.2 Å². The first-order valence-corrected chi connectivity index (χ1v) is 12.7. The van der Waals surface area contributed by atoms with E-state index >= 15 is 0 Å². The number of nitrogens with zero attached hydrogens (tertiary/aromatic N) is 3. The van der Waals surface area contributed by atoms with Gasteiger partial charge in [0, 0.05) is 48.9 Å². The first-order valence-electron chi connectivity index (χ1n) is 11.2. The smallest absolute Gasteiger partial charge is 0.256 e. The van der Waals surface area contributed by atoms with E-state index < -0.39 is 32.3 Å². The van der Waals surface area contributed by atoms with Crippen LogP contribution in [0.4, 0.5) is 20.3 Å². The van der Waals surface area contributed by atoms with Crippen molar-refractivity contribution in [1.82, 2.24) is 15.1 Å².